The fraction of sp³-hybridized carbons (Fsp3) is 1.00. The molecule has 5 N–H and O–H groups in total. The molecule has 0 aliphatic rings. The molecule has 7 nitrogen and oxygen atoms in total. The summed E-state index contributed by atoms with van der Waals surface area (Å²) in [6.45, 7) is 0.0713. The van der Waals surface area contributed by atoms with E-state index in [0.717, 1.165) is 0 Å². The monoisotopic (exact) mass is 245 g/mol. The van der Waals surface area contributed by atoms with Crippen molar-refractivity contribution in [3.63, 3.8) is 0 Å². The Labute approximate surface area is 84.0 Å². The van der Waals surface area contributed by atoms with Gasteiger partial charge in [0.25, 0.3) is 0 Å². The summed E-state index contributed by atoms with van der Waals surface area (Å²) in [5.74, 6) is -0.511. The lowest BCUT2D eigenvalue weighted by Crippen LogP contribution is -2.33. The number of nitrogens with two attached hydrogens (primary N) is 2. The molecule has 0 aliphatic carbocycles. The van der Waals surface area contributed by atoms with Crippen LogP contribution in [0.5, 0.6) is 0 Å². The van der Waals surface area contributed by atoms with Crippen molar-refractivity contribution < 1.29 is 16.8 Å². The van der Waals surface area contributed by atoms with E-state index in [1.807, 2.05) is 0 Å². The summed E-state index contributed by atoms with van der Waals surface area (Å²) in [7, 11) is -7.03. The second kappa shape index (κ2) is 5.61. The Morgan fingerprint density at radius 1 is 1.07 bits per heavy atom. The zero-order valence-electron chi connectivity index (χ0n) is 7.64. The second-order valence-corrected chi connectivity index (χ2v) is 6.38. The molecule has 0 bridgehead atoms. The van der Waals surface area contributed by atoms with Crippen LogP contribution in [-0.2, 0) is 20.0 Å². The van der Waals surface area contributed by atoms with Crippen molar-refractivity contribution in [2.45, 2.75) is 6.42 Å². The van der Waals surface area contributed by atoms with Crippen molar-refractivity contribution in [2.75, 3.05) is 24.6 Å². The fourth-order valence-corrected chi connectivity index (χ4v) is 2.30. The van der Waals surface area contributed by atoms with Crippen molar-refractivity contribution in [1.29, 1.82) is 0 Å². The van der Waals surface area contributed by atoms with E-state index in [1.54, 1.807) is 0 Å². The maximum atomic E-state index is 11.1. The Bertz CT molecular complexity index is 347. The van der Waals surface area contributed by atoms with Gasteiger partial charge in [-0.25, -0.2) is 26.7 Å². The Hall–Kier alpha value is -0.220. The van der Waals surface area contributed by atoms with Crippen molar-refractivity contribution in [3.05, 3.63) is 0 Å². The molecule has 0 rings (SSSR count). The lowest BCUT2D eigenvalue weighted by Gasteiger charge is -2.04. The van der Waals surface area contributed by atoms with Crippen LogP contribution in [0.2, 0.25) is 0 Å². The van der Waals surface area contributed by atoms with E-state index in [2.05, 4.69) is 9.86 Å². The molecule has 0 fully saturated rings. The smallest absolute Gasteiger partial charge is 0.211 e. The number of primary sulfonamides is 1. The quantitative estimate of drug-likeness (QED) is 0.457. The average molecular weight is 245 g/mol. The summed E-state index contributed by atoms with van der Waals surface area (Å²) in [5, 5.41) is 4.68. The number of hydrogen-bond acceptors (Lipinski definition) is 5. The van der Waals surface area contributed by atoms with E-state index in [1.165, 1.54) is 0 Å². The third kappa shape index (κ3) is 8.38. The molecule has 0 unspecified atom stereocenters. The molecule has 0 heterocycles. The third-order valence-electron chi connectivity index (χ3n) is 1.33. The molecule has 0 saturated heterocycles. The summed E-state index contributed by atoms with van der Waals surface area (Å²) in [6.07, 6.45) is 0.338. The molecule has 0 saturated carbocycles. The highest BCUT2D eigenvalue weighted by molar-refractivity contribution is 7.90. The lowest BCUT2D eigenvalue weighted by molar-refractivity contribution is 0.579. The van der Waals surface area contributed by atoms with E-state index >= 15 is 0 Å². The zero-order valence-corrected chi connectivity index (χ0v) is 9.27. The van der Waals surface area contributed by atoms with Gasteiger partial charge in [-0.1, -0.05) is 0 Å². The van der Waals surface area contributed by atoms with Crippen LogP contribution in [0, 0.1) is 0 Å². The molecule has 86 valence electrons. The molecule has 0 aliphatic heterocycles. The minimum Gasteiger partial charge on any atom is -0.330 e. The molecule has 0 spiro atoms. The summed E-state index contributed by atoms with van der Waals surface area (Å²) < 4.78 is 45.2. The molecule has 0 aromatic heterocycles. The maximum Gasteiger partial charge on any atom is 0.211 e. The van der Waals surface area contributed by atoms with Crippen LogP contribution in [0.25, 0.3) is 0 Å². The minimum atomic E-state index is -3.62. The van der Waals surface area contributed by atoms with Crippen molar-refractivity contribution in [1.82, 2.24) is 4.72 Å². The van der Waals surface area contributed by atoms with Gasteiger partial charge in [-0.2, -0.15) is 0 Å². The summed E-state index contributed by atoms with van der Waals surface area (Å²) >= 11 is 0. The van der Waals surface area contributed by atoms with E-state index in [-0.39, 0.29) is 18.8 Å². The van der Waals surface area contributed by atoms with E-state index in [0.29, 0.717) is 6.42 Å². The number of rotatable bonds is 7. The van der Waals surface area contributed by atoms with Gasteiger partial charge in [0.1, 0.15) is 0 Å². The third-order valence-corrected chi connectivity index (χ3v) is 3.57. The van der Waals surface area contributed by atoms with Crippen LogP contribution in [0.15, 0.2) is 0 Å². The van der Waals surface area contributed by atoms with Crippen molar-refractivity contribution in [3.8, 4) is 0 Å². The Morgan fingerprint density at radius 2 is 1.64 bits per heavy atom. The summed E-state index contributed by atoms with van der Waals surface area (Å²) in [4.78, 5) is 0. The Kier molecular flexibility index (Phi) is 5.52. The number of sulfonamides is 2. The number of hydrogen-bond donors (Lipinski definition) is 3. The Balaban J connectivity index is 3.89. The van der Waals surface area contributed by atoms with Gasteiger partial charge in [-0.15, -0.1) is 0 Å². The van der Waals surface area contributed by atoms with Gasteiger partial charge in [0.15, 0.2) is 0 Å². The van der Waals surface area contributed by atoms with Crippen molar-refractivity contribution in [2.24, 2.45) is 10.9 Å². The summed E-state index contributed by atoms with van der Waals surface area (Å²) in [6, 6.07) is 0. The van der Waals surface area contributed by atoms with Gasteiger partial charge >= 0.3 is 0 Å². The second-order valence-electron chi connectivity index (χ2n) is 2.72. The molecule has 0 amide bonds. The standard InChI is InChI=1S/C5H15N3O4S2/c6-2-1-4-14(11,12)8-3-5-13(7,9)10/h8H,1-6H2,(H2,7,9,10). The molecular formula is C5H15N3O4S2. The van der Waals surface area contributed by atoms with Crippen LogP contribution < -0.4 is 15.6 Å². The highest BCUT2D eigenvalue weighted by Gasteiger charge is 2.10. The predicted octanol–water partition coefficient (Wildman–Crippen LogP) is -2.46. The molecule has 14 heavy (non-hydrogen) atoms. The van der Waals surface area contributed by atoms with Crippen molar-refractivity contribution >= 4 is 20.0 Å². The highest BCUT2D eigenvalue weighted by atomic mass is 32.2. The highest BCUT2D eigenvalue weighted by Crippen LogP contribution is 1.87. The normalized spacial score (nSPS) is 13.0. The van der Waals surface area contributed by atoms with Gasteiger partial charge < -0.3 is 5.73 Å². The SMILES string of the molecule is NCCCS(=O)(=O)NCCS(N)(=O)=O. The first-order valence-electron chi connectivity index (χ1n) is 3.95. The minimum absolute atomic E-state index is 0.103. The van der Waals surface area contributed by atoms with Gasteiger partial charge in [0.2, 0.25) is 20.0 Å². The predicted molar refractivity (Wildman–Crippen MR) is 53.4 cm³/mol. The molecule has 0 atom stereocenters. The van der Waals surface area contributed by atoms with Gasteiger partial charge in [-0.05, 0) is 13.0 Å². The zero-order chi connectivity index (χ0) is 11.2. The van der Waals surface area contributed by atoms with Gasteiger partial charge in [0.05, 0.1) is 11.5 Å². The van der Waals surface area contributed by atoms with E-state index in [9.17, 15) is 16.8 Å². The first-order chi connectivity index (χ1) is 6.27. The molecule has 0 radical (unpaired) electrons. The van der Waals surface area contributed by atoms with E-state index < -0.39 is 25.8 Å². The van der Waals surface area contributed by atoms with Crippen LogP contribution >= 0.6 is 0 Å². The van der Waals surface area contributed by atoms with Gasteiger partial charge in [0, 0.05) is 6.54 Å². The number of nitrogens with one attached hydrogen (secondary N) is 1. The molecule has 0 aromatic carbocycles. The lowest BCUT2D eigenvalue weighted by atomic mass is 10.5. The summed E-state index contributed by atoms with van der Waals surface area (Å²) in [5.41, 5.74) is 5.13. The van der Waals surface area contributed by atoms with Crippen LogP contribution in [0.1, 0.15) is 6.42 Å². The van der Waals surface area contributed by atoms with Crippen LogP contribution in [0.4, 0.5) is 0 Å². The molecular weight excluding hydrogens is 230 g/mol. The molecule has 0 aromatic rings. The average Bonchev–Trinajstić information content (AvgIpc) is 1.98. The van der Waals surface area contributed by atoms with E-state index in [4.69, 9.17) is 5.73 Å². The van der Waals surface area contributed by atoms with Crippen LogP contribution in [0.3, 0.4) is 0 Å². The maximum absolute atomic E-state index is 11.1. The molecule has 9 heteroatoms. The first kappa shape index (κ1) is 13.8. The van der Waals surface area contributed by atoms with Gasteiger partial charge in [-0.3, -0.25) is 0 Å². The Morgan fingerprint density at radius 3 is 2.07 bits per heavy atom. The topological polar surface area (TPSA) is 132 Å². The first-order valence-corrected chi connectivity index (χ1v) is 7.31. The largest absolute Gasteiger partial charge is 0.330 e. The van der Waals surface area contributed by atoms with Crippen LogP contribution in [-0.4, -0.2) is 41.4 Å². The fourth-order valence-electron chi connectivity index (χ4n) is 0.685.